The first-order chi connectivity index (χ1) is 16.5. The number of pyridine rings is 3. The second-order valence-corrected chi connectivity index (χ2v) is 8.11. The molecule has 1 amide bonds. The molecule has 0 spiro atoms. The van der Waals surface area contributed by atoms with Gasteiger partial charge >= 0.3 is 6.18 Å². The van der Waals surface area contributed by atoms with Gasteiger partial charge in [-0.05, 0) is 25.0 Å². The number of carbonyl (C=O) groups is 1. The quantitative estimate of drug-likeness (QED) is 0.526. The van der Waals surface area contributed by atoms with Gasteiger partial charge in [-0.2, -0.15) is 13.2 Å². The van der Waals surface area contributed by atoms with Crippen LogP contribution in [0, 0.1) is 11.6 Å². The molecule has 0 radical (unpaired) electrons. The number of anilines is 1. The van der Waals surface area contributed by atoms with Crippen LogP contribution in [0.1, 0.15) is 30.1 Å². The Morgan fingerprint density at radius 2 is 2.06 bits per heavy atom. The van der Waals surface area contributed by atoms with E-state index in [1.54, 1.807) is 10.2 Å². The fraction of sp³-hybridized carbons (Fsp3) is 0.364. The molecule has 3 aromatic rings. The van der Waals surface area contributed by atoms with Crippen molar-refractivity contribution in [3.05, 3.63) is 58.0 Å². The Bertz CT molecular complexity index is 1340. The van der Waals surface area contributed by atoms with Gasteiger partial charge in [-0.1, -0.05) is 6.92 Å². The number of carbonyl (C=O) groups excluding carboxylic acids is 1. The monoisotopic (exact) mass is 497 g/mol. The smallest absolute Gasteiger partial charge is 0.391 e. The normalized spacial score (nSPS) is 17.1. The van der Waals surface area contributed by atoms with Gasteiger partial charge in [-0.3, -0.25) is 14.2 Å². The lowest BCUT2D eigenvalue weighted by atomic mass is 10.1. The Balaban J connectivity index is 1.90. The summed E-state index contributed by atoms with van der Waals surface area (Å²) in [5.74, 6) is -3.62. The van der Waals surface area contributed by atoms with Gasteiger partial charge in [0.15, 0.2) is 17.3 Å². The van der Waals surface area contributed by atoms with E-state index in [0.29, 0.717) is 31.0 Å². The summed E-state index contributed by atoms with van der Waals surface area (Å²) in [7, 11) is 0. The summed E-state index contributed by atoms with van der Waals surface area (Å²) >= 11 is 0. The Kier molecular flexibility index (Phi) is 6.45. The molecule has 2 atom stereocenters. The number of nitrogens with one attached hydrogen (secondary N) is 1. The SMILES string of the molecule is CCC(NC(=O)c1cn(-c2ncc(F)cc2F)c2nc(N3CC[C@H](O)C3)ccc2c1=O)C(F)(F)F. The number of rotatable bonds is 5. The molecule has 2 N–H and O–H groups in total. The first-order valence-corrected chi connectivity index (χ1v) is 10.7. The predicted octanol–water partition coefficient (Wildman–Crippen LogP) is 2.70. The summed E-state index contributed by atoms with van der Waals surface area (Å²) < 4.78 is 68.6. The third-order valence-corrected chi connectivity index (χ3v) is 5.69. The summed E-state index contributed by atoms with van der Waals surface area (Å²) in [4.78, 5) is 35.6. The highest BCUT2D eigenvalue weighted by molar-refractivity contribution is 5.97. The molecular weight excluding hydrogens is 477 g/mol. The lowest BCUT2D eigenvalue weighted by molar-refractivity contribution is -0.153. The van der Waals surface area contributed by atoms with Crippen molar-refractivity contribution < 1.29 is 31.9 Å². The molecule has 0 bridgehead atoms. The second kappa shape index (κ2) is 9.21. The van der Waals surface area contributed by atoms with Crippen molar-refractivity contribution in [2.24, 2.45) is 0 Å². The van der Waals surface area contributed by atoms with Crippen molar-refractivity contribution in [2.45, 2.75) is 38.1 Å². The van der Waals surface area contributed by atoms with Crippen LogP contribution >= 0.6 is 0 Å². The first-order valence-electron chi connectivity index (χ1n) is 10.7. The van der Waals surface area contributed by atoms with Crippen LogP contribution in [0.5, 0.6) is 0 Å². The molecule has 1 aliphatic heterocycles. The Hall–Kier alpha value is -3.61. The van der Waals surface area contributed by atoms with Gasteiger partial charge < -0.3 is 15.3 Å². The van der Waals surface area contributed by atoms with Crippen molar-refractivity contribution in [3.8, 4) is 5.82 Å². The lowest BCUT2D eigenvalue weighted by Crippen LogP contribution is -2.46. The number of halogens is 5. The molecule has 1 aliphatic rings. The zero-order valence-corrected chi connectivity index (χ0v) is 18.3. The van der Waals surface area contributed by atoms with Crippen LogP contribution in [0.2, 0.25) is 0 Å². The molecule has 186 valence electrons. The fourth-order valence-corrected chi connectivity index (χ4v) is 3.88. The maximum absolute atomic E-state index is 14.6. The number of nitrogens with zero attached hydrogens (tertiary/aromatic N) is 4. The molecule has 35 heavy (non-hydrogen) atoms. The first kappa shape index (κ1) is 24.5. The van der Waals surface area contributed by atoms with Crippen LogP contribution in [0.3, 0.4) is 0 Å². The average molecular weight is 497 g/mol. The van der Waals surface area contributed by atoms with E-state index in [2.05, 4.69) is 9.97 Å². The van der Waals surface area contributed by atoms with Gasteiger partial charge in [-0.25, -0.2) is 18.7 Å². The molecule has 0 saturated carbocycles. The van der Waals surface area contributed by atoms with Gasteiger partial charge in [0, 0.05) is 25.4 Å². The number of hydrogen-bond acceptors (Lipinski definition) is 6. The largest absolute Gasteiger partial charge is 0.408 e. The summed E-state index contributed by atoms with van der Waals surface area (Å²) in [6, 6.07) is 1.08. The van der Waals surface area contributed by atoms with Gasteiger partial charge in [0.2, 0.25) is 5.43 Å². The van der Waals surface area contributed by atoms with Crippen molar-refractivity contribution in [3.63, 3.8) is 0 Å². The lowest BCUT2D eigenvalue weighted by Gasteiger charge is -2.21. The molecular formula is C22H20F5N5O3. The summed E-state index contributed by atoms with van der Waals surface area (Å²) in [5.41, 5.74) is -1.77. The van der Waals surface area contributed by atoms with Crippen molar-refractivity contribution in [1.29, 1.82) is 0 Å². The molecule has 1 saturated heterocycles. The van der Waals surface area contributed by atoms with Crippen LogP contribution in [-0.4, -0.2) is 57.0 Å². The highest BCUT2D eigenvalue weighted by atomic mass is 19.4. The van der Waals surface area contributed by atoms with E-state index in [0.717, 1.165) is 10.8 Å². The van der Waals surface area contributed by atoms with Gasteiger partial charge in [0.1, 0.15) is 23.2 Å². The number of β-amino-alcohol motifs (C(OH)–C–C–N with tert-alkyl or cyclic N) is 1. The van der Waals surface area contributed by atoms with E-state index in [4.69, 9.17) is 0 Å². The Morgan fingerprint density at radius 3 is 2.66 bits per heavy atom. The van der Waals surface area contributed by atoms with E-state index in [-0.39, 0.29) is 17.6 Å². The molecule has 0 aliphatic carbocycles. The van der Waals surface area contributed by atoms with E-state index < -0.39 is 59.1 Å². The van der Waals surface area contributed by atoms with Crippen LogP contribution in [-0.2, 0) is 0 Å². The molecule has 3 aromatic heterocycles. The third-order valence-electron chi connectivity index (χ3n) is 5.69. The number of fused-ring (bicyclic) bond motifs is 1. The maximum Gasteiger partial charge on any atom is 0.408 e. The number of aromatic nitrogens is 3. The average Bonchev–Trinajstić information content (AvgIpc) is 3.23. The maximum atomic E-state index is 14.6. The minimum Gasteiger partial charge on any atom is -0.391 e. The van der Waals surface area contributed by atoms with Crippen molar-refractivity contribution >= 4 is 22.8 Å². The molecule has 1 unspecified atom stereocenters. The number of aliphatic hydroxyl groups is 1. The van der Waals surface area contributed by atoms with Crippen LogP contribution in [0.4, 0.5) is 27.8 Å². The number of aliphatic hydroxyl groups excluding tert-OH is 1. The minimum absolute atomic E-state index is 0.147. The standard InChI is InChI=1S/C22H20F5N5O3/c1-2-16(22(25,26)27)29-21(35)14-10-32(20-15(24)7-11(23)8-28-20)19-13(18(14)34)3-4-17(30-19)31-6-5-12(33)9-31/h3-4,7-8,10,12,16,33H,2,5-6,9H2,1H3,(H,29,35)/t12-,16?/m0/s1. The van der Waals surface area contributed by atoms with Crippen molar-refractivity contribution in [2.75, 3.05) is 18.0 Å². The molecule has 0 aromatic carbocycles. The summed E-state index contributed by atoms with van der Waals surface area (Å²) in [6.45, 7) is 1.95. The Morgan fingerprint density at radius 1 is 1.31 bits per heavy atom. The minimum atomic E-state index is -4.75. The van der Waals surface area contributed by atoms with Gasteiger partial charge in [0.05, 0.1) is 17.7 Å². The third kappa shape index (κ3) is 4.81. The van der Waals surface area contributed by atoms with Crippen LogP contribution in [0.25, 0.3) is 16.9 Å². The van der Waals surface area contributed by atoms with E-state index >= 15 is 0 Å². The number of alkyl halides is 3. The summed E-state index contributed by atoms with van der Waals surface area (Å²) in [5, 5.41) is 11.4. The van der Waals surface area contributed by atoms with Crippen LogP contribution < -0.4 is 15.6 Å². The van der Waals surface area contributed by atoms with Crippen LogP contribution in [0.15, 0.2) is 35.4 Å². The second-order valence-electron chi connectivity index (χ2n) is 8.11. The predicted molar refractivity (Wildman–Crippen MR) is 115 cm³/mol. The highest BCUT2D eigenvalue weighted by Crippen LogP contribution is 2.25. The number of hydrogen-bond donors (Lipinski definition) is 2. The van der Waals surface area contributed by atoms with Gasteiger partial charge in [0.25, 0.3) is 5.91 Å². The van der Waals surface area contributed by atoms with E-state index in [1.165, 1.54) is 19.1 Å². The number of amides is 1. The zero-order chi connectivity index (χ0) is 25.5. The fourth-order valence-electron chi connectivity index (χ4n) is 3.88. The molecule has 13 heteroatoms. The Labute approximate surface area is 195 Å². The van der Waals surface area contributed by atoms with Gasteiger partial charge in [-0.15, -0.1) is 0 Å². The molecule has 4 heterocycles. The molecule has 4 rings (SSSR count). The topological polar surface area (TPSA) is 100 Å². The van der Waals surface area contributed by atoms with E-state index in [9.17, 15) is 36.6 Å². The zero-order valence-electron chi connectivity index (χ0n) is 18.3. The molecule has 1 fully saturated rings. The molecule has 8 nitrogen and oxygen atoms in total. The highest BCUT2D eigenvalue weighted by Gasteiger charge is 2.39. The van der Waals surface area contributed by atoms with E-state index in [1.807, 2.05) is 0 Å². The summed E-state index contributed by atoms with van der Waals surface area (Å²) in [6.07, 6.45) is -3.78. The van der Waals surface area contributed by atoms with Crippen molar-refractivity contribution in [1.82, 2.24) is 19.9 Å².